The predicted molar refractivity (Wildman–Crippen MR) is 56.9 cm³/mol. The Bertz CT molecular complexity index is 391. The normalized spacial score (nSPS) is 11.1. The maximum Gasteiger partial charge on any atom is 0.422 e. The monoisotopic (exact) mass is 247 g/mol. The Balaban J connectivity index is 2.74. The summed E-state index contributed by atoms with van der Waals surface area (Å²) in [7, 11) is 0. The van der Waals surface area contributed by atoms with Gasteiger partial charge in [-0.25, -0.2) is 0 Å². The minimum Gasteiger partial charge on any atom is -0.482 e. The first-order valence-corrected chi connectivity index (χ1v) is 5.01. The average Bonchev–Trinajstić information content (AvgIpc) is 2.26. The SMILES string of the molecule is CCC(=O)Nc1ccccc1OCC(F)(F)F. The predicted octanol–water partition coefficient (Wildman–Crippen LogP) is 2.98. The molecule has 0 heterocycles. The summed E-state index contributed by atoms with van der Waals surface area (Å²) in [6.45, 7) is 0.264. The molecule has 1 rings (SSSR count). The second kappa shape index (κ2) is 5.56. The molecule has 94 valence electrons. The van der Waals surface area contributed by atoms with Crippen LogP contribution in [0.3, 0.4) is 0 Å². The largest absolute Gasteiger partial charge is 0.482 e. The van der Waals surface area contributed by atoms with E-state index >= 15 is 0 Å². The fourth-order valence-corrected chi connectivity index (χ4v) is 1.09. The van der Waals surface area contributed by atoms with Crippen LogP contribution in [0, 0.1) is 0 Å². The molecule has 0 aliphatic heterocycles. The number of anilines is 1. The van der Waals surface area contributed by atoms with Crippen LogP contribution >= 0.6 is 0 Å². The third-order valence-electron chi connectivity index (χ3n) is 1.87. The highest BCUT2D eigenvalue weighted by Gasteiger charge is 2.28. The molecule has 0 unspecified atom stereocenters. The van der Waals surface area contributed by atoms with E-state index < -0.39 is 12.8 Å². The number of benzene rings is 1. The van der Waals surface area contributed by atoms with Gasteiger partial charge in [-0.2, -0.15) is 13.2 Å². The molecular formula is C11H12F3NO2. The Labute approximate surface area is 96.6 Å². The highest BCUT2D eigenvalue weighted by Crippen LogP contribution is 2.26. The van der Waals surface area contributed by atoms with E-state index in [1.807, 2.05) is 0 Å². The molecule has 0 bridgehead atoms. The lowest BCUT2D eigenvalue weighted by atomic mass is 10.3. The van der Waals surface area contributed by atoms with Crippen LogP contribution in [-0.2, 0) is 4.79 Å². The molecule has 0 saturated carbocycles. The van der Waals surface area contributed by atoms with Crippen molar-refractivity contribution in [2.24, 2.45) is 0 Å². The summed E-state index contributed by atoms with van der Waals surface area (Å²) < 4.78 is 40.6. The molecule has 6 heteroatoms. The highest BCUT2D eigenvalue weighted by molar-refractivity contribution is 5.91. The van der Waals surface area contributed by atoms with Crippen LogP contribution < -0.4 is 10.1 Å². The fourth-order valence-electron chi connectivity index (χ4n) is 1.09. The number of ether oxygens (including phenoxy) is 1. The zero-order chi connectivity index (χ0) is 12.9. The van der Waals surface area contributed by atoms with Crippen molar-refractivity contribution in [1.29, 1.82) is 0 Å². The van der Waals surface area contributed by atoms with E-state index in [1.54, 1.807) is 13.0 Å². The van der Waals surface area contributed by atoms with Gasteiger partial charge in [0, 0.05) is 6.42 Å². The number of carbonyl (C=O) groups excluding carboxylic acids is 1. The summed E-state index contributed by atoms with van der Waals surface area (Å²) in [5.41, 5.74) is 0.239. The third-order valence-corrected chi connectivity index (χ3v) is 1.87. The van der Waals surface area contributed by atoms with Gasteiger partial charge in [-0.3, -0.25) is 4.79 Å². The maximum atomic E-state index is 12.0. The van der Waals surface area contributed by atoms with Crippen molar-refractivity contribution in [2.45, 2.75) is 19.5 Å². The summed E-state index contributed by atoms with van der Waals surface area (Å²) in [6, 6.07) is 6.00. The zero-order valence-electron chi connectivity index (χ0n) is 9.17. The molecule has 17 heavy (non-hydrogen) atoms. The first kappa shape index (κ1) is 13.3. The topological polar surface area (TPSA) is 38.3 Å². The quantitative estimate of drug-likeness (QED) is 0.888. The smallest absolute Gasteiger partial charge is 0.422 e. The number of amides is 1. The molecule has 0 spiro atoms. The lowest BCUT2D eigenvalue weighted by Crippen LogP contribution is -2.20. The number of para-hydroxylation sites is 2. The minimum absolute atomic E-state index is 0.00613. The van der Waals surface area contributed by atoms with Gasteiger partial charge in [0.1, 0.15) is 5.75 Å². The summed E-state index contributed by atoms with van der Waals surface area (Å²) in [6.07, 6.45) is -4.16. The Morgan fingerprint density at radius 1 is 1.35 bits per heavy atom. The zero-order valence-corrected chi connectivity index (χ0v) is 9.17. The van der Waals surface area contributed by atoms with Crippen molar-refractivity contribution >= 4 is 11.6 Å². The average molecular weight is 247 g/mol. The number of halogens is 3. The van der Waals surface area contributed by atoms with Crippen LogP contribution in [0.2, 0.25) is 0 Å². The summed E-state index contributed by atoms with van der Waals surface area (Å²) in [4.78, 5) is 11.1. The van der Waals surface area contributed by atoms with Crippen molar-refractivity contribution in [1.82, 2.24) is 0 Å². The van der Waals surface area contributed by atoms with E-state index in [1.165, 1.54) is 18.2 Å². The minimum atomic E-state index is -4.40. The van der Waals surface area contributed by atoms with E-state index in [2.05, 4.69) is 10.1 Å². The van der Waals surface area contributed by atoms with E-state index in [9.17, 15) is 18.0 Å². The first-order valence-electron chi connectivity index (χ1n) is 5.01. The van der Waals surface area contributed by atoms with Gasteiger partial charge in [-0.1, -0.05) is 19.1 Å². The molecular weight excluding hydrogens is 235 g/mol. The van der Waals surface area contributed by atoms with Crippen LogP contribution in [0.1, 0.15) is 13.3 Å². The molecule has 1 aromatic rings. The highest BCUT2D eigenvalue weighted by atomic mass is 19.4. The molecule has 0 atom stereocenters. The Kier molecular flexibility index (Phi) is 4.37. The van der Waals surface area contributed by atoms with Gasteiger partial charge in [-0.05, 0) is 12.1 Å². The lowest BCUT2D eigenvalue weighted by molar-refractivity contribution is -0.153. The molecule has 3 nitrogen and oxygen atoms in total. The molecule has 0 fully saturated rings. The molecule has 1 amide bonds. The van der Waals surface area contributed by atoms with Crippen molar-refractivity contribution in [3.05, 3.63) is 24.3 Å². The molecule has 1 aromatic carbocycles. The second-order valence-electron chi connectivity index (χ2n) is 3.30. The van der Waals surface area contributed by atoms with E-state index in [0.29, 0.717) is 0 Å². The molecule has 0 aliphatic carbocycles. The van der Waals surface area contributed by atoms with Gasteiger partial charge in [-0.15, -0.1) is 0 Å². The Morgan fingerprint density at radius 3 is 2.59 bits per heavy atom. The summed E-state index contributed by atoms with van der Waals surface area (Å²) in [5, 5.41) is 2.47. The van der Waals surface area contributed by atoms with Crippen molar-refractivity contribution in [2.75, 3.05) is 11.9 Å². The maximum absolute atomic E-state index is 12.0. The van der Waals surface area contributed by atoms with Crippen molar-refractivity contribution < 1.29 is 22.7 Å². The lowest BCUT2D eigenvalue weighted by Gasteiger charge is -2.13. The van der Waals surface area contributed by atoms with Gasteiger partial charge in [0.05, 0.1) is 5.69 Å². The van der Waals surface area contributed by atoms with E-state index in [0.717, 1.165) is 0 Å². The number of nitrogens with one attached hydrogen (secondary N) is 1. The standard InChI is InChI=1S/C11H12F3NO2/c1-2-10(16)15-8-5-3-4-6-9(8)17-7-11(12,13)14/h3-6H,2,7H2,1H3,(H,15,16). The second-order valence-corrected chi connectivity index (χ2v) is 3.30. The molecule has 0 aromatic heterocycles. The number of hydrogen-bond donors (Lipinski definition) is 1. The van der Waals surface area contributed by atoms with Crippen molar-refractivity contribution in [3.8, 4) is 5.75 Å². The molecule has 0 aliphatic rings. The first-order chi connectivity index (χ1) is 7.92. The van der Waals surface area contributed by atoms with Gasteiger partial charge in [0.15, 0.2) is 6.61 Å². The summed E-state index contributed by atoms with van der Waals surface area (Å²) >= 11 is 0. The molecule has 0 saturated heterocycles. The fraction of sp³-hybridized carbons (Fsp3) is 0.364. The summed E-state index contributed by atoms with van der Waals surface area (Å²) in [5.74, 6) is -0.278. The molecule has 1 N–H and O–H groups in total. The van der Waals surface area contributed by atoms with Gasteiger partial charge in [0.2, 0.25) is 5.91 Å². The van der Waals surface area contributed by atoms with Crippen LogP contribution in [0.25, 0.3) is 0 Å². The van der Waals surface area contributed by atoms with Crippen LogP contribution in [0.15, 0.2) is 24.3 Å². The number of alkyl halides is 3. The number of rotatable bonds is 4. The number of hydrogen-bond acceptors (Lipinski definition) is 2. The van der Waals surface area contributed by atoms with E-state index in [-0.39, 0.29) is 23.8 Å². The van der Waals surface area contributed by atoms with Gasteiger partial charge < -0.3 is 10.1 Å². The van der Waals surface area contributed by atoms with Crippen LogP contribution in [0.5, 0.6) is 5.75 Å². The van der Waals surface area contributed by atoms with Crippen molar-refractivity contribution in [3.63, 3.8) is 0 Å². The Morgan fingerprint density at radius 2 is 2.00 bits per heavy atom. The van der Waals surface area contributed by atoms with Crippen LogP contribution in [0.4, 0.5) is 18.9 Å². The van der Waals surface area contributed by atoms with Gasteiger partial charge >= 0.3 is 6.18 Å². The van der Waals surface area contributed by atoms with Gasteiger partial charge in [0.25, 0.3) is 0 Å². The third kappa shape index (κ3) is 4.76. The van der Waals surface area contributed by atoms with Crippen LogP contribution in [-0.4, -0.2) is 18.7 Å². The number of carbonyl (C=O) groups is 1. The molecule has 0 radical (unpaired) electrons. The Hall–Kier alpha value is -1.72. The van der Waals surface area contributed by atoms with E-state index in [4.69, 9.17) is 0 Å².